The molecule has 2 aliphatic rings. The number of fused-ring (bicyclic) bond motifs is 2. The second-order valence-electron chi connectivity index (χ2n) is 7.81. The van der Waals surface area contributed by atoms with Gasteiger partial charge in [0.1, 0.15) is 5.69 Å². The van der Waals surface area contributed by atoms with Crippen LogP contribution in [0.1, 0.15) is 48.5 Å². The lowest BCUT2D eigenvalue weighted by molar-refractivity contribution is -0.138. The summed E-state index contributed by atoms with van der Waals surface area (Å²) in [5.74, 6) is -0.103. The molecule has 29 heavy (non-hydrogen) atoms. The molecule has 1 aromatic carbocycles. The number of carbonyl (C=O) groups is 1. The maximum Gasteiger partial charge on any atom is 0.416 e. The first-order chi connectivity index (χ1) is 13.8. The van der Waals surface area contributed by atoms with Crippen LogP contribution in [0.25, 0.3) is 0 Å². The molecule has 2 aromatic rings. The Hall–Kier alpha value is -2.42. The van der Waals surface area contributed by atoms with Crippen molar-refractivity contribution in [2.75, 3.05) is 7.11 Å². The number of rotatable bonds is 5. The topological polar surface area (TPSA) is 60.2 Å². The molecule has 2 fully saturated rings. The zero-order chi connectivity index (χ0) is 20.6. The van der Waals surface area contributed by atoms with Gasteiger partial charge in [0, 0.05) is 19.2 Å². The van der Waals surface area contributed by atoms with Gasteiger partial charge in [0.2, 0.25) is 5.91 Å². The van der Waals surface area contributed by atoms with Crippen molar-refractivity contribution in [2.45, 2.75) is 63.0 Å². The van der Waals surface area contributed by atoms with Crippen LogP contribution in [-0.2, 0) is 28.7 Å². The number of nitrogens with zero attached hydrogens (tertiary/aromatic N) is 4. The molecule has 2 atom stereocenters. The number of hydrogen-bond donors (Lipinski definition) is 0. The summed E-state index contributed by atoms with van der Waals surface area (Å²) in [4.78, 5) is 14.8. The van der Waals surface area contributed by atoms with Crippen LogP contribution in [0.3, 0.4) is 0 Å². The largest absolute Gasteiger partial charge is 0.416 e. The lowest BCUT2D eigenvalue weighted by Gasteiger charge is -2.39. The average molecular weight is 408 g/mol. The Kier molecular flexibility index (Phi) is 5.33. The molecule has 9 heteroatoms. The van der Waals surface area contributed by atoms with Gasteiger partial charge in [0.25, 0.3) is 0 Å². The Morgan fingerprint density at radius 2 is 1.93 bits per heavy atom. The molecule has 0 N–H and O–H groups in total. The fraction of sp³-hybridized carbons (Fsp3) is 0.550. The maximum atomic E-state index is 12.9. The minimum absolute atomic E-state index is 0.0110. The summed E-state index contributed by atoms with van der Waals surface area (Å²) in [6.07, 6.45) is 0.845. The standard InChI is InChI=1S/C20H23F3N4O2/c1-29-12-15-11-26(25-24-15)18-9-16-5-6-17(10-18)27(16)19(28)8-13-3-2-4-14(7-13)20(21,22)23/h2-4,7,11,16-18H,5-6,8-10,12H2,1H3. The highest BCUT2D eigenvalue weighted by Gasteiger charge is 2.44. The van der Waals surface area contributed by atoms with Gasteiger partial charge < -0.3 is 9.64 Å². The Morgan fingerprint density at radius 3 is 2.59 bits per heavy atom. The number of amides is 1. The van der Waals surface area contributed by atoms with E-state index in [1.165, 1.54) is 6.07 Å². The number of piperidine rings is 1. The van der Waals surface area contributed by atoms with Crippen LogP contribution in [0.2, 0.25) is 0 Å². The van der Waals surface area contributed by atoms with E-state index in [1.807, 2.05) is 15.8 Å². The van der Waals surface area contributed by atoms with E-state index in [0.717, 1.165) is 43.5 Å². The molecule has 6 nitrogen and oxygen atoms in total. The summed E-state index contributed by atoms with van der Waals surface area (Å²) < 4.78 is 45.7. The lowest BCUT2D eigenvalue weighted by atomic mass is 9.96. The minimum Gasteiger partial charge on any atom is -0.378 e. The first kappa shape index (κ1) is 19.9. The number of carbonyl (C=O) groups excluding carboxylic acids is 1. The summed E-state index contributed by atoms with van der Waals surface area (Å²) in [6.45, 7) is 0.404. The number of alkyl halides is 3. The molecule has 0 saturated carbocycles. The van der Waals surface area contributed by atoms with Crippen LogP contribution in [0.15, 0.2) is 30.5 Å². The molecular weight excluding hydrogens is 385 g/mol. The van der Waals surface area contributed by atoms with E-state index in [9.17, 15) is 18.0 Å². The van der Waals surface area contributed by atoms with Gasteiger partial charge in [-0.1, -0.05) is 23.4 Å². The first-order valence-corrected chi connectivity index (χ1v) is 9.72. The molecule has 1 amide bonds. The van der Waals surface area contributed by atoms with Crippen LogP contribution in [0.5, 0.6) is 0 Å². The third-order valence-electron chi connectivity index (χ3n) is 5.83. The molecule has 0 radical (unpaired) electrons. The van der Waals surface area contributed by atoms with Gasteiger partial charge >= 0.3 is 6.18 Å². The molecule has 0 aliphatic carbocycles. The summed E-state index contributed by atoms with van der Waals surface area (Å²) in [5.41, 5.74) is 0.442. The second kappa shape index (κ2) is 7.78. The van der Waals surface area contributed by atoms with Crippen molar-refractivity contribution in [3.63, 3.8) is 0 Å². The van der Waals surface area contributed by atoms with E-state index in [1.54, 1.807) is 13.2 Å². The predicted octanol–water partition coefficient (Wildman–Crippen LogP) is 3.38. The summed E-state index contributed by atoms with van der Waals surface area (Å²) >= 11 is 0. The van der Waals surface area contributed by atoms with Crippen molar-refractivity contribution in [3.05, 3.63) is 47.3 Å². The molecule has 1 aromatic heterocycles. The molecule has 156 valence electrons. The predicted molar refractivity (Wildman–Crippen MR) is 97.8 cm³/mol. The second-order valence-corrected chi connectivity index (χ2v) is 7.81. The highest BCUT2D eigenvalue weighted by atomic mass is 19.4. The molecule has 4 rings (SSSR count). The van der Waals surface area contributed by atoms with E-state index in [0.29, 0.717) is 12.2 Å². The Bertz CT molecular complexity index is 869. The molecule has 0 spiro atoms. The third-order valence-corrected chi connectivity index (χ3v) is 5.83. The fourth-order valence-corrected chi connectivity index (χ4v) is 4.60. The Morgan fingerprint density at radius 1 is 1.21 bits per heavy atom. The van der Waals surface area contributed by atoms with Crippen LogP contribution in [-0.4, -0.2) is 45.0 Å². The van der Waals surface area contributed by atoms with Crippen molar-refractivity contribution in [1.82, 2.24) is 19.9 Å². The summed E-state index contributed by atoms with van der Waals surface area (Å²) in [6, 6.07) is 5.38. The number of ether oxygens (including phenoxy) is 1. The van der Waals surface area contributed by atoms with E-state index >= 15 is 0 Å². The maximum absolute atomic E-state index is 12.9. The normalized spacial score (nSPS) is 24.1. The Labute approximate surface area is 166 Å². The van der Waals surface area contributed by atoms with Gasteiger partial charge in [-0.05, 0) is 37.3 Å². The molecule has 3 heterocycles. The van der Waals surface area contributed by atoms with E-state index in [-0.39, 0.29) is 30.5 Å². The van der Waals surface area contributed by atoms with Crippen molar-refractivity contribution in [1.29, 1.82) is 0 Å². The van der Waals surface area contributed by atoms with Gasteiger partial charge in [0.05, 0.1) is 30.8 Å². The zero-order valence-corrected chi connectivity index (χ0v) is 16.1. The number of benzene rings is 1. The monoisotopic (exact) mass is 408 g/mol. The molecule has 2 saturated heterocycles. The smallest absolute Gasteiger partial charge is 0.378 e. The number of halogens is 3. The van der Waals surface area contributed by atoms with Crippen LogP contribution in [0, 0.1) is 0 Å². The number of hydrogen-bond acceptors (Lipinski definition) is 4. The van der Waals surface area contributed by atoms with Crippen molar-refractivity contribution >= 4 is 5.91 Å². The van der Waals surface area contributed by atoms with Gasteiger partial charge in [-0.2, -0.15) is 13.2 Å². The summed E-state index contributed by atoms with van der Waals surface area (Å²) in [7, 11) is 1.60. The van der Waals surface area contributed by atoms with E-state index < -0.39 is 11.7 Å². The molecular formula is C20H23F3N4O2. The van der Waals surface area contributed by atoms with Crippen molar-refractivity contribution in [2.24, 2.45) is 0 Å². The van der Waals surface area contributed by atoms with E-state index in [4.69, 9.17) is 4.74 Å². The first-order valence-electron chi connectivity index (χ1n) is 9.72. The van der Waals surface area contributed by atoms with Crippen molar-refractivity contribution in [3.8, 4) is 0 Å². The van der Waals surface area contributed by atoms with Gasteiger partial charge in [-0.3, -0.25) is 4.79 Å². The number of aromatic nitrogens is 3. The van der Waals surface area contributed by atoms with Crippen LogP contribution < -0.4 is 0 Å². The highest BCUT2D eigenvalue weighted by Crippen LogP contribution is 2.41. The van der Waals surface area contributed by atoms with E-state index in [2.05, 4.69) is 10.3 Å². The molecule has 2 unspecified atom stereocenters. The zero-order valence-electron chi connectivity index (χ0n) is 16.1. The Balaban J connectivity index is 1.43. The third kappa shape index (κ3) is 4.14. The molecule has 2 aliphatic heterocycles. The van der Waals surface area contributed by atoms with Gasteiger partial charge in [-0.25, -0.2) is 4.68 Å². The average Bonchev–Trinajstić information content (AvgIpc) is 3.24. The SMILES string of the molecule is COCc1cn(C2CC3CCC(C2)N3C(=O)Cc2cccc(C(F)(F)F)c2)nn1. The fourth-order valence-electron chi connectivity index (χ4n) is 4.60. The van der Waals surface area contributed by atoms with Crippen LogP contribution >= 0.6 is 0 Å². The molecule has 2 bridgehead atoms. The number of methoxy groups -OCH3 is 1. The summed E-state index contributed by atoms with van der Waals surface area (Å²) in [5, 5.41) is 8.31. The van der Waals surface area contributed by atoms with Crippen molar-refractivity contribution < 1.29 is 22.7 Å². The lowest BCUT2D eigenvalue weighted by Crippen LogP contribution is -2.47. The highest BCUT2D eigenvalue weighted by molar-refractivity contribution is 5.80. The quantitative estimate of drug-likeness (QED) is 0.761. The van der Waals surface area contributed by atoms with Crippen LogP contribution in [0.4, 0.5) is 13.2 Å². The minimum atomic E-state index is -4.41. The van der Waals surface area contributed by atoms with Gasteiger partial charge in [0.15, 0.2) is 0 Å². The van der Waals surface area contributed by atoms with Gasteiger partial charge in [-0.15, -0.1) is 5.10 Å².